The molecule has 0 spiro atoms. The lowest BCUT2D eigenvalue weighted by atomic mass is 10.1. The third-order valence-corrected chi connectivity index (χ3v) is 5.08. The molecule has 2 aromatic carbocycles. The molecular formula is C23H18Cl2F3NO2. The first kappa shape index (κ1) is 23.0. The maximum absolute atomic E-state index is 12.6. The predicted molar refractivity (Wildman–Crippen MR) is 118 cm³/mol. The van der Waals surface area contributed by atoms with Crippen LogP contribution in [0.25, 0.3) is 12.2 Å². The average molecular weight is 468 g/mol. The summed E-state index contributed by atoms with van der Waals surface area (Å²) >= 11 is 12.4. The molecule has 8 heteroatoms. The summed E-state index contributed by atoms with van der Waals surface area (Å²) in [6, 6.07) is 14.8. The Morgan fingerprint density at radius 2 is 1.71 bits per heavy atom. The lowest BCUT2D eigenvalue weighted by Crippen LogP contribution is -2.24. The minimum absolute atomic E-state index is 0.00775. The Morgan fingerprint density at radius 1 is 1.00 bits per heavy atom. The van der Waals surface area contributed by atoms with Crippen LogP contribution in [0.1, 0.15) is 22.4 Å². The summed E-state index contributed by atoms with van der Waals surface area (Å²) in [7, 11) is 0. The van der Waals surface area contributed by atoms with E-state index in [9.17, 15) is 18.0 Å². The molecule has 0 aliphatic heterocycles. The molecule has 3 aromatic rings. The van der Waals surface area contributed by atoms with Crippen molar-refractivity contribution in [1.29, 1.82) is 0 Å². The van der Waals surface area contributed by atoms with Gasteiger partial charge in [-0.1, -0.05) is 71.2 Å². The molecule has 3 nitrogen and oxygen atoms in total. The van der Waals surface area contributed by atoms with Crippen molar-refractivity contribution in [3.8, 4) is 5.75 Å². The maximum Gasteiger partial charge on any atom is 0.573 e. The first-order valence-corrected chi connectivity index (χ1v) is 10.1. The minimum Gasteiger partial charge on any atom is -0.406 e. The zero-order valence-electron chi connectivity index (χ0n) is 16.4. The van der Waals surface area contributed by atoms with Crippen molar-refractivity contribution in [3.63, 3.8) is 0 Å². The predicted octanol–water partition coefficient (Wildman–Crippen LogP) is 6.78. The van der Waals surface area contributed by atoms with Gasteiger partial charge in [-0.15, -0.1) is 13.2 Å². The van der Waals surface area contributed by atoms with E-state index in [1.54, 1.807) is 18.2 Å². The lowest BCUT2D eigenvalue weighted by Gasteiger charge is -2.13. The molecule has 0 amide bonds. The average Bonchev–Trinajstić information content (AvgIpc) is 2.69. The van der Waals surface area contributed by atoms with Crippen LogP contribution in [0.4, 0.5) is 13.2 Å². The number of halogens is 5. The fourth-order valence-corrected chi connectivity index (χ4v) is 3.53. The van der Waals surface area contributed by atoms with E-state index >= 15 is 0 Å². The number of ether oxygens (including phenoxy) is 1. The quantitative estimate of drug-likeness (QED) is 0.400. The zero-order valence-corrected chi connectivity index (χ0v) is 17.9. The third kappa shape index (κ3) is 6.39. The Bertz CT molecular complexity index is 1150. The Hall–Kier alpha value is -2.70. The first-order valence-electron chi connectivity index (χ1n) is 9.31. The van der Waals surface area contributed by atoms with Crippen LogP contribution in [-0.2, 0) is 13.0 Å². The molecule has 0 saturated heterocycles. The Balaban J connectivity index is 1.90. The van der Waals surface area contributed by atoms with Crippen LogP contribution in [0.2, 0.25) is 10.0 Å². The standard InChI is InChI=1S/C23H18Cl2F3NO2/c1-15-5-7-16(8-6-15)11-12-29-21(19(24)14-20(25)22(29)30)10-9-17-3-2-4-18(13-17)31-23(26,27)28/h2-10,13-14H,11-12H2,1H3/b10-9+. The zero-order chi connectivity index (χ0) is 22.6. The SMILES string of the molecule is Cc1ccc(CCn2c(/C=C/c3cccc(OC(F)(F)F)c3)c(Cl)cc(Cl)c2=O)cc1. The van der Waals surface area contributed by atoms with Gasteiger partial charge in [0.2, 0.25) is 0 Å². The summed E-state index contributed by atoms with van der Waals surface area (Å²) in [5.41, 5.74) is 2.63. The molecule has 1 heterocycles. The molecule has 0 atom stereocenters. The van der Waals surface area contributed by atoms with Crippen LogP contribution >= 0.6 is 23.2 Å². The first-order chi connectivity index (χ1) is 14.6. The fourth-order valence-electron chi connectivity index (χ4n) is 2.99. The van der Waals surface area contributed by atoms with E-state index in [1.807, 2.05) is 31.2 Å². The van der Waals surface area contributed by atoms with Crippen LogP contribution in [0, 0.1) is 6.92 Å². The van der Waals surface area contributed by atoms with Crippen LogP contribution in [-0.4, -0.2) is 10.9 Å². The van der Waals surface area contributed by atoms with Crippen molar-refractivity contribution in [1.82, 2.24) is 4.57 Å². The largest absolute Gasteiger partial charge is 0.573 e. The number of nitrogens with zero attached hydrogens (tertiary/aromatic N) is 1. The summed E-state index contributed by atoms with van der Waals surface area (Å²) in [5, 5.41) is 0.249. The van der Waals surface area contributed by atoms with Crippen molar-refractivity contribution < 1.29 is 17.9 Å². The van der Waals surface area contributed by atoms with Crippen LogP contribution in [0.3, 0.4) is 0 Å². The number of hydrogen-bond donors (Lipinski definition) is 0. The van der Waals surface area contributed by atoms with E-state index in [1.165, 1.54) is 28.8 Å². The van der Waals surface area contributed by atoms with Crippen molar-refractivity contribution in [2.45, 2.75) is 26.3 Å². The van der Waals surface area contributed by atoms with Crippen molar-refractivity contribution >= 4 is 35.4 Å². The van der Waals surface area contributed by atoms with E-state index in [2.05, 4.69) is 4.74 Å². The smallest absolute Gasteiger partial charge is 0.406 e. The van der Waals surface area contributed by atoms with Gasteiger partial charge in [-0.25, -0.2) is 0 Å². The molecule has 31 heavy (non-hydrogen) atoms. The molecular weight excluding hydrogens is 450 g/mol. The summed E-state index contributed by atoms with van der Waals surface area (Å²) in [6.45, 7) is 2.32. The van der Waals surface area contributed by atoms with Gasteiger partial charge in [0.05, 0.1) is 10.7 Å². The monoisotopic (exact) mass is 467 g/mol. The summed E-state index contributed by atoms with van der Waals surface area (Å²) in [4.78, 5) is 12.6. The highest BCUT2D eigenvalue weighted by atomic mass is 35.5. The van der Waals surface area contributed by atoms with Gasteiger partial charge in [-0.2, -0.15) is 0 Å². The minimum atomic E-state index is -4.78. The number of rotatable bonds is 6. The van der Waals surface area contributed by atoms with Crippen molar-refractivity contribution in [2.75, 3.05) is 0 Å². The summed E-state index contributed by atoms with van der Waals surface area (Å²) in [5.74, 6) is -0.339. The molecule has 1 aromatic heterocycles. The molecule has 0 fully saturated rings. The Kier molecular flexibility index (Phi) is 7.13. The van der Waals surface area contributed by atoms with Crippen molar-refractivity contribution in [2.24, 2.45) is 0 Å². The highest BCUT2D eigenvalue weighted by molar-refractivity contribution is 6.35. The second-order valence-electron chi connectivity index (χ2n) is 6.87. The van der Waals surface area contributed by atoms with Gasteiger partial charge in [0.15, 0.2) is 0 Å². The lowest BCUT2D eigenvalue weighted by molar-refractivity contribution is -0.274. The van der Waals surface area contributed by atoms with Gasteiger partial charge in [-0.05, 0) is 48.7 Å². The molecule has 0 aliphatic rings. The van der Waals surface area contributed by atoms with E-state index in [0.29, 0.717) is 24.2 Å². The fraction of sp³-hybridized carbons (Fsp3) is 0.174. The molecule has 0 bridgehead atoms. The van der Waals surface area contributed by atoms with Gasteiger partial charge >= 0.3 is 6.36 Å². The maximum atomic E-state index is 12.6. The van der Waals surface area contributed by atoms with Gasteiger partial charge in [0.1, 0.15) is 10.8 Å². The normalized spacial score (nSPS) is 11.8. The second-order valence-corrected chi connectivity index (χ2v) is 7.69. The van der Waals surface area contributed by atoms with E-state index in [0.717, 1.165) is 11.1 Å². The number of benzene rings is 2. The highest BCUT2D eigenvalue weighted by Crippen LogP contribution is 2.25. The van der Waals surface area contributed by atoms with Gasteiger partial charge in [0, 0.05) is 6.54 Å². The molecule has 0 saturated carbocycles. The van der Waals surface area contributed by atoms with Crippen LogP contribution in [0.5, 0.6) is 5.75 Å². The number of aryl methyl sites for hydroxylation is 2. The van der Waals surface area contributed by atoms with Gasteiger partial charge < -0.3 is 9.30 Å². The highest BCUT2D eigenvalue weighted by Gasteiger charge is 2.31. The topological polar surface area (TPSA) is 31.2 Å². The summed E-state index contributed by atoms with van der Waals surface area (Å²) < 4.78 is 42.7. The van der Waals surface area contributed by atoms with Gasteiger partial charge in [0.25, 0.3) is 5.56 Å². The molecule has 0 unspecified atom stereocenters. The Morgan fingerprint density at radius 3 is 2.39 bits per heavy atom. The van der Waals surface area contributed by atoms with E-state index in [4.69, 9.17) is 23.2 Å². The van der Waals surface area contributed by atoms with Crippen molar-refractivity contribution in [3.05, 3.63) is 97.4 Å². The molecule has 3 rings (SSSR count). The molecule has 0 N–H and O–H groups in total. The third-order valence-electron chi connectivity index (χ3n) is 4.51. The van der Waals surface area contributed by atoms with Crippen LogP contribution < -0.4 is 10.3 Å². The van der Waals surface area contributed by atoms with Crippen LogP contribution in [0.15, 0.2) is 59.4 Å². The number of hydrogen-bond acceptors (Lipinski definition) is 2. The van der Waals surface area contributed by atoms with E-state index < -0.39 is 11.9 Å². The number of aromatic nitrogens is 1. The molecule has 0 radical (unpaired) electrons. The molecule has 0 aliphatic carbocycles. The Labute approximate surface area is 187 Å². The second kappa shape index (κ2) is 9.62. The molecule has 162 valence electrons. The van der Waals surface area contributed by atoms with E-state index in [-0.39, 0.29) is 15.8 Å². The number of alkyl halides is 3. The number of pyridine rings is 1. The van der Waals surface area contributed by atoms with Gasteiger partial charge in [-0.3, -0.25) is 4.79 Å². The summed E-state index contributed by atoms with van der Waals surface area (Å²) in [6.07, 6.45) is -1.08.